The molecule has 4 amide bonds. The maximum atomic E-state index is 13.3. The van der Waals surface area contributed by atoms with Crippen molar-refractivity contribution in [2.24, 2.45) is 89.6 Å². The Labute approximate surface area is 888 Å². The molecule has 4 aliphatic heterocycles. The van der Waals surface area contributed by atoms with E-state index < -0.39 is 0 Å². The molecular weight excluding hydrogens is 2070 g/mol. The molecule has 0 N–H and O–H groups in total. The molecule has 4 aliphatic carbocycles. The zero-order chi connectivity index (χ0) is 103. The van der Waals surface area contributed by atoms with Gasteiger partial charge in [0.25, 0.3) is 23.6 Å². The first-order valence-electron chi connectivity index (χ1n) is 52.7. The molecule has 4 aromatic carbocycles. The van der Waals surface area contributed by atoms with Crippen LogP contribution in [-0.2, 0) is 19.4 Å². The number of pyridine rings is 4. The average Bonchev–Trinajstić information content (AvgIpc) is 0.789. The summed E-state index contributed by atoms with van der Waals surface area (Å²) in [5, 5.41) is 66.3. The van der Waals surface area contributed by atoms with Crippen molar-refractivity contribution in [3.05, 3.63) is 274 Å². The summed E-state index contributed by atoms with van der Waals surface area (Å²) in [6.45, 7) is 40.3. The maximum Gasteiger partial charge on any atom is 0.260 e. The van der Waals surface area contributed by atoms with Crippen LogP contribution in [0.2, 0.25) is 0 Å². The number of carbonyl (C=O) groups is 4. The Morgan fingerprint density at radius 1 is 0.285 bits per heavy atom. The van der Waals surface area contributed by atoms with Crippen molar-refractivity contribution in [1.82, 2.24) is 19.6 Å². The van der Waals surface area contributed by atoms with E-state index in [4.69, 9.17) is 19.4 Å². The van der Waals surface area contributed by atoms with Crippen LogP contribution in [0.3, 0.4) is 0 Å². The topological polar surface area (TPSA) is 275 Å². The van der Waals surface area contributed by atoms with Gasteiger partial charge in [-0.05, 0) is 348 Å². The molecule has 16 rings (SSSR count). The highest BCUT2D eigenvalue weighted by Gasteiger charge is 2.48. The third-order valence-electron chi connectivity index (χ3n) is 33.9. The van der Waals surface area contributed by atoms with E-state index in [0.717, 1.165) is 259 Å². The third kappa shape index (κ3) is 27.1. The lowest BCUT2D eigenvalue weighted by molar-refractivity contribution is -0.612. The summed E-state index contributed by atoms with van der Waals surface area (Å²) >= 11 is 14.1. The molecule has 0 bridgehead atoms. The molecule has 4 saturated heterocycles. The molecule has 8 aliphatic rings. The SMILES string of the molecule is CCO/N=C(\c1ccc(Br)cc1)C1CCC(C2(C)CCN(C(=O)c3c(C)cc[n+]([O-])c3C)CC2)CC1.CCO/N=C(\c1ccc(Br)cc1)C1CCC(C2(C)CCN(C(=O)c3c(C)cc[n+]([O-])c3C)CC2)CC1.CCO/N=C(\c1ccc(Br)cc1)C1CCC(C2(C)CCN(C(=O)c3c(C)cc[n+]([O-])c3C)CC2)CC1.CCO/N=C(\c1ccc(Br)cc1)C1CCC(C2(C)CCN(C(=O)c3c(C)cc[n+]([O-])c3C)CC2)CC1. The van der Waals surface area contributed by atoms with Gasteiger partial charge in [-0.25, -0.2) is 0 Å². The summed E-state index contributed by atoms with van der Waals surface area (Å²) in [6.07, 6.45) is 32.2. The molecular formula is C116H152Br4N12O12. The summed E-state index contributed by atoms with van der Waals surface area (Å²) in [4.78, 5) is 83.0. The van der Waals surface area contributed by atoms with Crippen molar-refractivity contribution in [3.63, 3.8) is 0 Å². The van der Waals surface area contributed by atoms with E-state index in [-0.39, 0.29) is 45.3 Å². The number of halogens is 4. The molecule has 0 atom stereocenters. The highest BCUT2D eigenvalue weighted by molar-refractivity contribution is 9.11. The van der Waals surface area contributed by atoms with Crippen LogP contribution in [0.1, 0.15) is 318 Å². The van der Waals surface area contributed by atoms with Crippen molar-refractivity contribution in [1.29, 1.82) is 0 Å². The van der Waals surface area contributed by atoms with Crippen LogP contribution in [0.15, 0.2) is 185 Å². The van der Waals surface area contributed by atoms with Gasteiger partial charge >= 0.3 is 0 Å². The second-order valence-corrected chi connectivity index (χ2v) is 46.4. The Bertz CT molecular complexity index is 5110. The number of hydrogen-bond acceptors (Lipinski definition) is 16. The quantitative estimate of drug-likeness (QED) is 0.0236. The summed E-state index contributed by atoms with van der Waals surface area (Å²) < 4.78 is 7.44. The highest BCUT2D eigenvalue weighted by atomic mass is 79.9. The van der Waals surface area contributed by atoms with Gasteiger partial charge < -0.3 is 59.8 Å². The lowest BCUT2D eigenvalue weighted by atomic mass is 9.63. The van der Waals surface area contributed by atoms with Crippen molar-refractivity contribution in [2.75, 3.05) is 78.8 Å². The minimum atomic E-state index is -0.00719. The predicted molar refractivity (Wildman–Crippen MR) is 583 cm³/mol. The smallest absolute Gasteiger partial charge is 0.260 e. The molecule has 0 unspecified atom stereocenters. The van der Waals surface area contributed by atoms with Gasteiger partial charge in [0.1, 0.15) is 48.7 Å². The van der Waals surface area contributed by atoms with Crippen molar-refractivity contribution in [3.8, 4) is 0 Å². The number of oxime groups is 4. The predicted octanol–water partition coefficient (Wildman–Crippen LogP) is 24.8. The first-order valence-corrected chi connectivity index (χ1v) is 55.9. The first-order chi connectivity index (χ1) is 68.9. The standard InChI is InChI=1S/4C29H38BrN3O3/c4*1-5-36-31-27(23-8-12-25(30)13-9-23)22-6-10-24(11-7-22)29(4)15-18-32(19-16-29)28(34)26-20(2)14-17-33(35)21(26)3/h4*8-9,12-14,17,22,24H,5-7,10-11,15-16,18-19H2,1-4H3/b4*31-27-. The summed E-state index contributed by atoms with van der Waals surface area (Å²) in [5.41, 5.74) is 17.4. The van der Waals surface area contributed by atoms with E-state index in [1.165, 1.54) is 76.2 Å². The van der Waals surface area contributed by atoms with Crippen LogP contribution in [0.25, 0.3) is 0 Å². The molecule has 8 fully saturated rings. The van der Waals surface area contributed by atoms with E-state index in [2.05, 4.69) is 209 Å². The number of nitrogens with zero attached hydrogens (tertiary/aromatic N) is 12. The second-order valence-electron chi connectivity index (χ2n) is 42.7. The Kier molecular flexibility index (Phi) is 39.4. The van der Waals surface area contributed by atoms with Gasteiger partial charge in [-0.15, -0.1) is 0 Å². The van der Waals surface area contributed by atoms with Gasteiger partial charge in [0.15, 0.2) is 24.8 Å². The molecule has 144 heavy (non-hydrogen) atoms. The lowest BCUT2D eigenvalue weighted by Gasteiger charge is -2.47. The number of piperidine rings is 4. The van der Waals surface area contributed by atoms with Crippen LogP contribution in [0.5, 0.6) is 0 Å². The van der Waals surface area contributed by atoms with Crippen LogP contribution >= 0.6 is 63.7 Å². The lowest BCUT2D eigenvalue weighted by Crippen LogP contribution is -2.46. The zero-order valence-electron chi connectivity index (χ0n) is 87.7. The summed E-state index contributed by atoms with van der Waals surface area (Å²) in [7, 11) is 0. The van der Waals surface area contributed by atoms with Crippen molar-refractivity contribution >= 4 is 110 Å². The summed E-state index contributed by atoms with van der Waals surface area (Å²) in [5.74, 6) is 4.18. The Morgan fingerprint density at radius 3 is 0.597 bits per heavy atom. The highest BCUT2D eigenvalue weighted by Crippen LogP contribution is 2.53. The van der Waals surface area contributed by atoms with E-state index in [9.17, 15) is 40.0 Å². The Hall–Kier alpha value is -9.64. The molecule has 8 heterocycles. The van der Waals surface area contributed by atoms with E-state index in [1.54, 1.807) is 52.0 Å². The zero-order valence-corrected chi connectivity index (χ0v) is 94.1. The fourth-order valence-corrected chi connectivity index (χ4v) is 25.3. The van der Waals surface area contributed by atoms with Gasteiger partial charge in [-0.2, -0.15) is 18.9 Å². The van der Waals surface area contributed by atoms with Crippen LogP contribution < -0.4 is 18.9 Å². The van der Waals surface area contributed by atoms with Gasteiger partial charge in [0.05, 0.1) is 22.8 Å². The van der Waals surface area contributed by atoms with Crippen LogP contribution in [-0.4, -0.2) is 145 Å². The minimum Gasteiger partial charge on any atom is -0.618 e. The van der Waals surface area contributed by atoms with E-state index >= 15 is 0 Å². The number of amides is 4. The number of rotatable bonds is 24. The molecule has 28 heteroatoms. The molecule has 8 aromatic rings. The largest absolute Gasteiger partial charge is 0.618 e. The fourth-order valence-electron chi connectivity index (χ4n) is 24.2. The van der Waals surface area contributed by atoms with Gasteiger partial charge in [0.2, 0.25) is 22.8 Å². The molecule has 4 aromatic heterocycles. The fraction of sp³-hybridized carbons (Fsp3) is 0.552. The van der Waals surface area contributed by atoms with E-state index in [0.29, 0.717) is 119 Å². The number of aromatic nitrogens is 4. The third-order valence-corrected chi connectivity index (χ3v) is 36.1. The number of likely N-dealkylation sites (tertiary alicyclic amines) is 4. The van der Waals surface area contributed by atoms with Crippen LogP contribution in [0.4, 0.5) is 0 Å². The maximum absolute atomic E-state index is 13.3. The van der Waals surface area contributed by atoms with E-state index in [1.807, 2.05) is 75.0 Å². The van der Waals surface area contributed by atoms with Gasteiger partial charge in [0, 0.05) is 146 Å². The van der Waals surface area contributed by atoms with Crippen LogP contribution in [0, 0.1) is 145 Å². The minimum absolute atomic E-state index is 0.00719. The van der Waals surface area contributed by atoms with Gasteiger partial charge in [-0.1, -0.05) is 161 Å². The number of carbonyl (C=O) groups excluding carboxylic acids is 4. The van der Waals surface area contributed by atoms with Crippen molar-refractivity contribution < 1.29 is 57.5 Å². The molecule has 4 saturated carbocycles. The Balaban J connectivity index is 0.000000161. The molecule has 0 radical (unpaired) electrons. The average molecular weight is 2230 g/mol. The normalized spacial score (nSPS) is 22.4. The number of hydrogen-bond donors (Lipinski definition) is 0. The number of benzene rings is 4. The summed E-state index contributed by atoms with van der Waals surface area (Å²) in [6, 6.07) is 40.4. The first kappa shape index (κ1) is 112. The molecule has 24 nitrogen and oxygen atoms in total. The number of aryl methyl sites for hydroxylation is 4. The van der Waals surface area contributed by atoms with Crippen molar-refractivity contribution in [2.45, 2.75) is 265 Å². The molecule has 776 valence electrons. The second kappa shape index (κ2) is 50.8. The monoisotopic (exact) mass is 2220 g/mol. The molecule has 0 spiro atoms. The van der Waals surface area contributed by atoms with Gasteiger partial charge in [-0.3, -0.25) is 19.2 Å². The Morgan fingerprint density at radius 2 is 0.444 bits per heavy atom.